The predicted molar refractivity (Wildman–Crippen MR) is 109 cm³/mol. The van der Waals surface area contributed by atoms with Crippen molar-refractivity contribution in [1.82, 2.24) is 0 Å². The molecular weight excluding hydrogens is 336 g/mol. The molecule has 0 spiro atoms. The van der Waals surface area contributed by atoms with Crippen LogP contribution in [0.4, 0.5) is 11.4 Å². The fourth-order valence-electron chi connectivity index (χ4n) is 2.69. The number of carbonyl (C=O) groups excluding carboxylic acids is 2. The second-order valence-electron chi connectivity index (χ2n) is 6.63. The molecule has 2 amide bonds. The van der Waals surface area contributed by atoms with Crippen molar-refractivity contribution in [3.05, 3.63) is 95.6 Å². The maximum atomic E-state index is 12.5. The van der Waals surface area contributed by atoms with Crippen molar-refractivity contribution >= 4 is 23.2 Å². The Morgan fingerprint density at radius 3 is 1.93 bits per heavy atom. The summed E-state index contributed by atoms with van der Waals surface area (Å²) in [6.45, 7) is 4.22. The molecule has 2 N–H and O–H groups in total. The highest BCUT2D eigenvalue weighted by atomic mass is 16.2. The van der Waals surface area contributed by atoms with Gasteiger partial charge in [-0.1, -0.05) is 50.2 Å². The van der Waals surface area contributed by atoms with Gasteiger partial charge in [0.2, 0.25) is 0 Å². The second-order valence-corrected chi connectivity index (χ2v) is 6.63. The molecule has 3 aromatic rings. The van der Waals surface area contributed by atoms with Crippen molar-refractivity contribution in [3.8, 4) is 0 Å². The van der Waals surface area contributed by atoms with Gasteiger partial charge >= 0.3 is 0 Å². The van der Waals surface area contributed by atoms with Crippen LogP contribution in [-0.2, 0) is 0 Å². The predicted octanol–water partition coefficient (Wildman–Crippen LogP) is 5.31. The smallest absolute Gasteiger partial charge is 0.255 e. The van der Waals surface area contributed by atoms with E-state index in [0.717, 1.165) is 5.69 Å². The normalized spacial score (nSPS) is 10.5. The standard InChI is InChI=1S/C23H22N2O2/c1-16(2)17-11-13-18(14-12-17)22(26)25-21-10-6-7-19(15-21)23(27)24-20-8-4-3-5-9-20/h3-16H,1-2H3,(H,24,27)(H,25,26). The van der Waals surface area contributed by atoms with E-state index >= 15 is 0 Å². The summed E-state index contributed by atoms with van der Waals surface area (Å²) in [5.41, 5.74) is 3.55. The van der Waals surface area contributed by atoms with E-state index in [-0.39, 0.29) is 11.8 Å². The average molecular weight is 358 g/mol. The fourth-order valence-corrected chi connectivity index (χ4v) is 2.69. The van der Waals surface area contributed by atoms with Crippen LogP contribution in [-0.4, -0.2) is 11.8 Å². The highest BCUT2D eigenvalue weighted by Crippen LogP contribution is 2.17. The molecule has 0 aliphatic carbocycles. The third kappa shape index (κ3) is 4.82. The summed E-state index contributed by atoms with van der Waals surface area (Å²) < 4.78 is 0. The van der Waals surface area contributed by atoms with Crippen LogP contribution < -0.4 is 10.6 Å². The lowest BCUT2D eigenvalue weighted by molar-refractivity contribution is 0.101. The van der Waals surface area contributed by atoms with E-state index in [9.17, 15) is 9.59 Å². The van der Waals surface area contributed by atoms with Crippen LogP contribution in [0.1, 0.15) is 46.0 Å². The number of nitrogens with one attached hydrogen (secondary N) is 2. The Morgan fingerprint density at radius 1 is 0.667 bits per heavy atom. The zero-order chi connectivity index (χ0) is 19.2. The van der Waals surface area contributed by atoms with Gasteiger partial charge in [0.05, 0.1) is 0 Å². The molecule has 0 aliphatic rings. The number of para-hydroxylation sites is 1. The van der Waals surface area contributed by atoms with E-state index < -0.39 is 0 Å². The minimum Gasteiger partial charge on any atom is -0.322 e. The molecule has 0 atom stereocenters. The summed E-state index contributed by atoms with van der Waals surface area (Å²) in [6, 6.07) is 23.7. The largest absolute Gasteiger partial charge is 0.322 e. The topological polar surface area (TPSA) is 58.2 Å². The molecule has 0 heterocycles. The summed E-state index contributed by atoms with van der Waals surface area (Å²) in [5, 5.41) is 5.68. The van der Waals surface area contributed by atoms with Gasteiger partial charge in [0.15, 0.2) is 0 Å². The molecule has 0 saturated heterocycles. The molecule has 4 heteroatoms. The van der Waals surface area contributed by atoms with Crippen LogP contribution in [0.3, 0.4) is 0 Å². The summed E-state index contributed by atoms with van der Waals surface area (Å²) >= 11 is 0. The Balaban J connectivity index is 1.69. The number of hydrogen-bond donors (Lipinski definition) is 2. The van der Waals surface area contributed by atoms with E-state index in [1.807, 2.05) is 54.6 Å². The summed E-state index contributed by atoms with van der Waals surface area (Å²) in [4.78, 5) is 24.9. The maximum Gasteiger partial charge on any atom is 0.255 e. The molecular formula is C23H22N2O2. The first-order valence-corrected chi connectivity index (χ1v) is 8.91. The third-order valence-corrected chi connectivity index (χ3v) is 4.25. The minimum atomic E-state index is -0.224. The van der Waals surface area contributed by atoms with Gasteiger partial charge in [-0.25, -0.2) is 0 Å². The van der Waals surface area contributed by atoms with Gasteiger partial charge in [-0.05, 0) is 53.9 Å². The maximum absolute atomic E-state index is 12.5. The van der Waals surface area contributed by atoms with Crippen molar-refractivity contribution in [2.75, 3.05) is 10.6 Å². The number of amides is 2. The van der Waals surface area contributed by atoms with Crippen LogP contribution in [0, 0.1) is 0 Å². The van der Waals surface area contributed by atoms with Gasteiger partial charge < -0.3 is 10.6 Å². The van der Waals surface area contributed by atoms with E-state index in [1.54, 1.807) is 24.3 Å². The van der Waals surface area contributed by atoms with Crippen molar-refractivity contribution in [1.29, 1.82) is 0 Å². The van der Waals surface area contributed by atoms with Crippen molar-refractivity contribution in [2.45, 2.75) is 19.8 Å². The van der Waals surface area contributed by atoms with Crippen LogP contribution in [0.2, 0.25) is 0 Å². The summed E-state index contributed by atoms with van der Waals surface area (Å²) in [5.74, 6) is -0.00794. The second kappa shape index (κ2) is 8.32. The van der Waals surface area contributed by atoms with E-state index in [2.05, 4.69) is 24.5 Å². The van der Waals surface area contributed by atoms with E-state index in [0.29, 0.717) is 22.7 Å². The van der Waals surface area contributed by atoms with E-state index in [4.69, 9.17) is 0 Å². The lowest BCUT2D eigenvalue weighted by atomic mass is 10.0. The number of hydrogen-bond acceptors (Lipinski definition) is 2. The summed E-state index contributed by atoms with van der Waals surface area (Å²) in [6.07, 6.45) is 0. The van der Waals surface area contributed by atoms with Crippen LogP contribution >= 0.6 is 0 Å². The molecule has 0 bridgehead atoms. The van der Waals surface area contributed by atoms with Crippen LogP contribution in [0.5, 0.6) is 0 Å². The molecule has 3 aromatic carbocycles. The first-order chi connectivity index (χ1) is 13.0. The van der Waals surface area contributed by atoms with Gasteiger partial charge in [-0.3, -0.25) is 9.59 Å². The molecule has 0 saturated carbocycles. The molecule has 3 rings (SSSR count). The van der Waals surface area contributed by atoms with Crippen molar-refractivity contribution in [2.24, 2.45) is 0 Å². The van der Waals surface area contributed by atoms with Crippen LogP contribution in [0.25, 0.3) is 0 Å². The highest BCUT2D eigenvalue weighted by Gasteiger charge is 2.10. The molecule has 27 heavy (non-hydrogen) atoms. The lowest BCUT2D eigenvalue weighted by Crippen LogP contribution is -2.14. The Labute approximate surface area is 159 Å². The zero-order valence-electron chi connectivity index (χ0n) is 15.4. The molecule has 136 valence electrons. The monoisotopic (exact) mass is 358 g/mol. The fraction of sp³-hybridized carbons (Fsp3) is 0.130. The van der Waals surface area contributed by atoms with Gasteiger partial charge in [-0.15, -0.1) is 0 Å². The molecule has 0 aliphatic heterocycles. The van der Waals surface area contributed by atoms with Gasteiger partial charge in [0, 0.05) is 22.5 Å². The van der Waals surface area contributed by atoms with Crippen molar-refractivity contribution in [3.63, 3.8) is 0 Å². The Bertz CT molecular complexity index is 932. The molecule has 0 aromatic heterocycles. The van der Waals surface area contributed by atoms with Crippen molar-refractivity contribution < 1.29 is 9.59 Å². The Kier molecular flexibility index (Phi) is 5.67. The SMILES string of the molecule is CC(C)c1ccc(C(=O)Nc2cccc(C(=O)Nc3ccccc3)c2)cc1. The van der Waals surface area contributed by atoms with Gasteiger partial charge in [0.1, 0.15) is 0 Å². The molecule has 0 radical (unpaired) electrons. The number of benzene rings is 3. The Hall–Kier alpha value is -3.40. The Morgan fingerprint density at radius 2 is 1.26 bits per heavy atom. The first-order valence-electron chi connectivity index (χ1n) is 8.91. The van der Waals surface area contributed by atoms with Crippen LogP contribution in [0.15, 0.2) is 78.9 Å². The first kappa shape index (κ1) is 18.4. The number of anilines is 2. The highest BCUT2D eigenvalue weighted by molar-refractivity contribution is 6.07. The van der Waals surface area contributed by atoms with Gasteiger partial charge in [-0.2, -0.15) is 0 Å². The van der Waals surface area contributed by atoms with Gasteiger partial charge in [0.25, 0.3) is 11.8 Å². The number of rotatable bonds is 5. The molecule has 0 fully saturated rings. The summed E-state index contributed by atoms with van der Waals surface area (Å²) in [7, 11) is 0. The minimum absolute atomic E-state index is 0.203. The molecule has 0 unspecified atom stereocenters. The quantitative estimate of drug-likeness (QED) is 0.649. The number of carbonyl (C=O) groups is 2. The lowest BCUT2D eigenvalue weighted by Gasteiger charge is -2.10. The molecule has 4 nitrogen and oxygen atoms in total. The average Bonchev–Trinajstić information content (AvgIpc) is 2.69. The zero-order valence-corrected chi connectivity index (χ0v) is 15.4. The third-order valence-electron chi connectivity index (χ3n) is 4.25. The van der Waals surface area contributed by atoms with E-state index in [1.165, 1.54) is 5.56 Å².